The van der Waals surface area contributed by atoms with E-state index in [0.717, 1.165) is 127 Å². The summed E-state index contributed by atoms with van der Waals surface area (Å²) in [6.07, 6.45) is 19.6. The lowest BCUT2D eigenvalue weighted by atomic mass is 9.84. The molecule has 2 unspecified atom stereocenters. The summed E-state index contributed by atoms with van der Waals surface area (Å²) in [5, 5.41) is 2.11. The molecule has 10 rings (SSSR count). The highest BCUT2D eigenvalue weighted by Gasteiger charge is 2.42. The van der Waals surface area contributed by atoms with Crippen molar-refractivity contribution in [2.24, 2.45) is 37.1 Å². The maximum absolute atomic E-state index is 13.5. The van der Waals surface area contributed by atoms with E-state index in [4.69, 9.17) is 15.2 Å². The molecule has 4 heterocycles. The molecule has 0 radical (unpaired) electrons. The molecule has 4 aliphatic carbocycles. The molecule has 6 aromatic rings. The first-order valence-corrected chi connectivity index (χ1v) is 23.8. The molecule has 358 valence electrons. The van der Waals surface area contributed by atoms with Crippen LogP contribution in [0.4, 0.5) is 0 Å². The fraction of sp³-hybridized carbons (Fsp3) is 0.500. The molecule has 0 amide bonds. The molecule has 0 saturated heterocycles. The lowest BCUT2D eigenvalue weighted by molar-refractivity contribution is -0.733. The minimum absolute atomic E-state index is 0. The molecule has 0 aliphatic heterocycles. The molecule has 4 aliphatic rings. The van der Waals surface area contributed by atoms with E-state index < -0.39 is 5.54 Å². The summed E-state index contributed by atoms with van der Waals surface area (Å²) in [7, 11) is 4.11. The van der Waals surface area contributed by atoms with Crippen LogP contribution in [0.3, 0.4) is 0 Å². The molecule has 15 heteroatoms. The zero-order valence-corrected chi connectivity index (χ0v) is 41.3. The Hall–Kier alpha value is -5.24. The van der Waals surface area contributed by atoms with Crippen LogP contribution in [0.1, 0.15) is 121 Å². The number of nitrogens with zero attached hydrogens (tertiary/aromatic N) is 6. The number of rotatable bonds is 11. The number of hydrogen-bond donors (Lipinski definition) is 1. The summed E-state index contributed by atoms with van der Waals surface area (Å²) in [5.41, 5.74) is 11.4. The number of ether oxygens (including phenoxy) is 2. The van der Waals surface area contributed by atoms with Crippen LogP contribution >= 0.6 is 24.8 Å². The quantitative estimate of drug-likeness (QED) is 0.102. The Bertz CT molecular complexity index is 2800. The van der Waals surface area contributed by atoms with Gasteiger partial charge in [0, 0.05) is 72.3 Å². The van der Waals surface area contributed by atoms with Crippen molar-refractivity contribution >= 4 is 70.1 Å². The Labute approximate surface area is 405 Å². The summed E-state index contributed by atoms with van der Waals surface area (Å²) >= 11 is 0. The van der Waals surface area contributed by atoms with Gasteiger partial charge in [0.2, 0.25) is 13.5 Å². The topological polar surface area (TPSA) is 140 Å². The third-order valence-corrected chi connectivity index (χ3v) is 15.7. The number of aromatic nitrogens is 6. The van der Waals surface area contributed by atoms with E-state index >= 15 is 0 Å². The number of para-hydroxylation sites is 2. The lowest BCUT2D eigenvalue weighted by Crippen LogP contribution is -2.49. The highest BCUT2D eigenvalue weighted by Crippen LogP contribution is 2.42. The molecular formula is C52H67Cl2N7O6+2. The van der Waals surface area contributed by atoms with Crippen molar-refractivity contribution in [2.45, 2.75) is 136 Å². The number of hydrogen-bond acceptors (Lipinski definition) is 7. The van der Waals surface area contributed by atoms with Crippen molar-refractivity contribution in [3.8, 4) is 0 Å². The van der Waals surface area contributed by atoms with Gasteiger partial charge in [-0.05, 0) is 69.9 Å². The highest BCUT2D eigenvalue weighted by atomic mass is 35.5. The summed E-state index contributed by atoms with van der Waals surface area (Å²) < 4.78 is 23.7. The number of fused-ring (bicyclic) bond motifs is 6. The van der Waals surface area contributed by atoms with E-state index in [0.29, 0.717) is 25.9 Å². The maximum atomic E-state index is 13.5. The summed E-state index contributed by atoms with van der Waals surface area (Å²) in [6.45, 7) is 7.73. The van der Waals surface area contributed by atoms with Crippen LogP contribution in [0.25, 0.3) is 21.8 Å². The second-order valence-corrected chi connectivity index (χ2v) is 19.3. The molecule has 2 fully saturated rings. The van der Waals surface area contributed by atoms with E-state index in [1.54, 1.807) is 0 Å². The first-order valence-electron chi connectivity index (χ1n) is 23.8. The van der Waals surface area contributed by atoms with Gasteiger partial charge in [-0.15, -0.1) is 24.8 Å². The molecule has 2 saturated carbocycles. The van der Waals surface area contributed by atoms with Crippen molar-refractivity contribution < 1.29 is 37.8 Å². The second-order valence-electron chi connectivity index (χ2n) is 19.3. The van der Waals surface area contributed by atoms with Crippen molar-refractivity contribution in [1.29, 1.82) is 0 Å². The molecule has 0 bridgehead atoms. The van der Waals surface area contributed by atoms with Crippen LogP contribution < -0.4 is 14.9 Å². The monoisotopic (exact) mass is 955 g/mol. The van der Waals surface area contributed by atoms with Crippen LogP contribution in [0.5, 0.6) is 0 Å². The zero-order chi connectivity index (χ0) is 45.6. The van der Waals surface area contributed by atoms with Gasteiger partial charge in [0.1, 0.15) is 43.4 Å². The van der Waals surface area contributed by atoms with E-state index in [1.165, 1.54) is 0 Å². The van der Waals surface area contributed by atoms with Gasteiger partial charge in [-0.1, -0.05) is 69.0 Å². The van der Waals surface area contributed by atoms with Crippen LogP contribution in [0.15, 0.2) is 73.3 Å². The minimum atomic E-state index is -0.832. The molecule has 0 spiro atoms. The van der Waals surface area contributed by atoms with Gasteiger partial charge in [-0.25, -0.2) is 13.9 Å². The molecule has 4 aromatic heterocycles. The summed E-state index contributed by atoms with van der Waals surface area (Å²) in [5.74, 6) is 1.91. The predicted octanol–water partition coefficient (Wildman–Crippen LogP) is 8.13. The summed E-state index contributed by atoms with van der Waals surface area (Å²) in [4.78, 5) is 52.2. The Kier molecular flexibility index (Phi) is 14.9. The number of ketones is 2. The fourth-order valence-corrected chi connectivity index (χ4v) is 11.4. The van der Waals surface area contributed by atoms with Crippen molar-refractivity contribution in [3.63, 3.8) is 0 Å². The SMILES string of the molecule is CCC1(C(=O)OC[n+]2ccn(CC3CCc4c(c5ccccc5n4C)C3=O)c2C)CCCC1.Cc1n(CC2CCc3c(c4ccccc4n3C)C2=O)cc[n+]1COC(=O)C1(N)CCCC1.Cl.Cl. The molecule has 2 atom stereocenters. The number of carbonyl (C=O) groups excluding carboxylic acids is 4. The number of Topliss-reactive ketones (excluding diaryl/α,β-unsaturated/α-hetero) is 2. The van der Waals surface area contributed by atoms with Gasteiger partial charge in [0.15, 0.2) is 11.6 Å². The number of esters is 2. The third-order valence-electron chi connectivity index (χ3n) is 15.7. The summed E-state index contributed by atoms with van der Waals surface area (Å²) in [6, 6.07) is 16.3. The Morgan fingerprint density at radius 3 is 1.54 bits per heavy atom. The number of benzene rings is 2. The normalized spacial score (nSPS) is 19.3. The van der Waals surface area contributed by atoms with Crippen LogP contribution in [-0.4, -0.2) is 47.3 Å². The van der Waals surface area contributed by atoms with E-state index in [-0.39, 0.29) is 79.0 Å². The Morgan fingerprint density at radius 1 is 0.672 bits per heavy atom. The lowest BCUT2D eigenvalue weighted by Gasteiger charge is -2.24. The molecule has 2 aromatic carbocycles. The van der Waals surface area contributed by atoms with Gasteiger partial charge in [-0.2, -0.15) is 9.13 Å². The number of imidazole rings is 2. The van der Waals surface area contributed by atoms with E-state index in [9.17, 15) is 19.2 Å². The number of nitrogens with two attached hydrogens (primary N) is 1. The molecule has 67 heavy (non-hydrogen) atoms. The smallest absolute Gasteiger partial charge is 0.329 e. The standard InChI is InChI=1S/C27H34N3O3.C25H31N4O3.2ClH/c1-4-27(13-7-8-14-27)26(32)33-18-30-16-15-29(19(30)2)17-20-11-12-23-24(25(20)31)21-9-5-6-10-22(21)28(23)3;1-17-28(13-14-29(17)16-32-24(31)25(26)11-5-6-12-25)15-18-9-10-21-22(23(18)30)19-7-3-4-8-20(19)27(21)2;;/h5-6,9-10,15-16,20H,4,7-8,11-14,17-18H2,1-3H3;3-4,7-8,13-14,18H,5-6,9-12,15-16,26H2,1-2H3;2*1H/q2*+1;;. The van der Waals surface area contributed by atoms with Gasteiger partial charge >= 0.3 is 11.9 Å². The fourth-order valence-electron chi connectivity index (χ4n) is 11.4. The minimum Gasteiger partial charge on any atom is -0.424 e. The van der Waals surface area contributed by atoms with Gasteiger partial charge in [0.05, 0.1) is 17.3 Å². The highest BCUT2D eigenvalue weighted by molar-refractivity contribution is 6.12. The van der Waals surface area contributed by atoms with Crippen molar-refractivity contribution in [1.82, 2.24) is 18.3 Å². The Morgan fingerprint density at radius 2 is 1.09 bits per heavy atom. The largest absolute Gasteiger partial charge is 0.424 e. The third kappa shape index (κ3) is 9.11. The van der Waals surface area contributed by atoms with E-state index in [2.05, 4.69) is 50.4 Å². The number of aryl methyl sites for hydroxylation is 2. The van der Waals surface area contributed by atoms with Gasteiger partial charge < -0.3 is 24.3 Å². The van der Waals surface area contributed by atoms with Crippen molar-refractivity contribution in [3.05, 3.63) is 107 Å². The van der Waals surface area contributed by atoms with Gasteiger partial charge in [-0.3, -0.25) is 14.4 Å². The van der Waals surface area contributed by atoms with Gasteiger partial charge in [0.25, 0.3) is 11.6 Å². The molecule has 2 N–H and O–H groups in total. The Balaban J connectivity index is 0.000000193. The predicted molar refractivity (Wildman–Crippen MR) is 260 cm³/mol. The van der Waals surface area contributed by atoms with E-state index in [1.807, 2.05) is 85.1 Å². The number of halogens is 2. The second kappa shape index (κ2) is 20.2. The maximum Gasteiger partial charge on any atom is 0.329 e. The average molecular weight is 957 g/mol. The molecule has 13 nitrogen and oxygen atoms in total. The number of carbonyl (C=O) groups is 4. The van der Waals surface area contributed by atoms with Crippen LogP contribution in [0, 0.1) is 31.1 Å². The first kappa shape index (κ1) is 49.7. The average Bonchev–Trinajstić information content (AvgIpc) is 4.19. The first-order chi connectivity index (χ1) is 31.3. The van der Waals surface area contributed by atoms with Crippen LogP contribution in [-0.2, 0) is 72.6 Å². The zero-order valence-electron chi connectivity index (χ0n) is 39.6. The molecular weight excluding hydrogens is 890 g/mol. The van der Waals surface area contributed by atoms with Crippen LogP contribution in [0.2, 0.25) is 0 Å². The van der Waals surface area contributed by atoms with Crippen molar-refractivity contribution in [2.75, 3.05) is 0 Å².